The van der Waals surface area contributed by atoms with Gasteiger partial charge in [-0.2, -0.15) is 0 Å². The Hall–Kier alpha value is -1.60. The molecule has 1 nitrogen and oxygen atoms in total. The first-order valence-electron chi connectivity index (χ1n) is 15.9. The monoisotopic (exact) mass is 493 g/mol. The maximum Gasteiger partial charge on any atom is 0.0574 e. The Balaban J connectivity index is 0.955. The minimum Gasteiger partial charge on any atom is -0.309 e. The molecule has 0 heterocycles. The lowest BCUT2D eigenvalue weighted by molar-refractivity contribution is -0.0523. The average Bonchev–Trinajstić information content (AvgIpc) is 2.84. The van der Waals surface area contributed by atoms with Gasteiger partial charge in [0, 0.05) is 0 Å². The van der Waals surface area contributed by atoms with Gasteiger partial charge in [-0.25, -0.2) is 0 Å². The predicted octanol–water partition coefficient (Wildman–Crippen LogP) is 8.51. The minimum atomic E-state index is 0.280. The Morgan fingerprint density at radius 3 is 1.11 bits per heavy atom. The lowest BCUT2D eigenvalue weighted by Crippen LogP contribution is -2.47. The van der Waals surface area contributed by atoms with E-state index in [4.69, 9.17) is 0 Å². The van der Waals surface area contributed by atoms with E-state index in [9.17, 15) is 0 Å². The summed E-state index contributed by atoms with van der Waals surface area (Å²) in [5, 5.41) is 3.63. The first-order valence-corrected chi connectivity index (χ1v) is 15.9. The summed E-state index contributed by atoms with van der Waals surface area (Å²) in [4.78, 5) is 0. The second kappa shape index (κ2) is 8.70. The van der Waals surface area contributed by atoms with Gasteiger partial charge in [0.15, 0.2) is 0 Å². The summed E-state index contributed by atoms with van der Waals surface area (Å²) in [5.41, 5.74) is 7.23. The van der Waals surface area contributed by atoms with E-state index in [0.717, 1.165) is 35.5 Å². The molecule has 10 rings (SSSR count). The smallest absolute Gasteiger partial charge is 0.0574 e. The second-order valence-corrected chi connectivity index (χ2v) is 15.4. The lowest BCUT2D eigenvalue weighted by atomic mass is 9.48. The van der Waals surface area contributed by atoms with E-state index in [1.807, 2.05) is 0 Å². The van der Waals surface area contributed by atoms with Gasteiger partial charge in [-0.05, 0) is 166 Å². The van der Waals surface area contributed by atoms with Crippen LogP contribution in [0, 0.1) is 46.3 Å². The molecule has 1 N–H and O–H groups in total. The van der Waals surface area contributed by atoms with Crippen LogP contribution in [0.3, 0.4) is 0 Å². The summed E-state index contributed by atoms with van der Waals surface area (Å²) in [7, 11) is 2.12. The van der Waals surface area contributed by atoms with Crippen LogP contribution in [0.25, 0.3) is 0 Å². The molecule has 0 aromatic heterocycles. The summed E-state index contributed by atoms with van der Waals surface area (Å²) in [6.45, 7) is 0. The topological polar surface area (TPSA) is 12.0 Å². The van der Waals surface area contributed by atoms with Gasteiger partial charge in [-0.1, -0.05) is 48.5 Å². The maximum absolute atomic E-state index is 3.63. The van der Waals surface area contributed by atoms with Crippen LogP contribution in [0.2, 0.25) is 0 Å². The van der Waals surface area contributed by atoms with Crippen molar-refractivity contribution in [1.29, 1.82) is 0 Å². The highest BCUT2D eigenvalue weighted by atomic mass is 14.9. The van der Waals surface area contributed by atoms with Crippen LogP contribution < -0.4 is 5.32 Å². The molecule has 0 aliphatic heterocycles. The number of hydrogen-bond donors (Lipinski definition) is 1. The van der Waals surface area contributed by atoms with Crippen molar-refractivity contribution in [3.8, 4) is 0 Å². The number of rotatable bonds is 7. The molecule has 8 aliphatic rings. The molecular weight excluding hydrogens is 446 g/mol. The standard InChI is InChI=1S/C36H47N/c1-37-34(32-6-2-24(3-7-32)16-35-18-26-10-27(19-35)12-28(11-26)20-35)33-8-4-25(5-9-33)17-36-21-29-13-30(22-36)15-31(14-29)23-36/h2-9,26-31,34,37H,10-23H2,1H3. The molecule has 0 atom stereocenters. The molecule has 8 saturated carbocycles. The molecule has 8 aliphatic carbocycles. The van der Waals surface area contributed by atoms with E-state index in [1.165, 1.54) is 62.5 Å². The van der Waals surface area contributed by atoms with Gasteiger partial charge in [0.2, 0.25) is 0 Å². The molecule has 1 heteroatoms. The van der Waals surface area contributed by atoms with Crippen LogP contribution in [0.15, 0.2) is 48.5 Å². The highest BCUT2D eigenvalue weighted by Gasteiger charge is 2.51. The zero-order chi connectivity index (χ0) is 24.6. The number of benzene rings is 2. The van der Waals surface area contributed by atoms with Gasteiger partial charge >= 0.3 is 0 Å². The molecule has 2 aromatic carbocycles. The van der Waals surface area contributed by atoms with Crippen molar-refractivity contribution in [3.05, 3.63) is 70.8 Å². The SMILES string of the molecule is CNC(c1ccc(CC23CC4CC(CC(C4)C2)C3)cc1)c1ccc(CC23CC4CC(CC(C4)C2)C3)cc1. The minimum absolute atomic E-state index is 0.280. The zero-order valence-electron chi connectivity index (χ0n) is 23.1. The van der Waals surface area contributed by atoms with Crippen LogP contribution in [0.5, 0.6) is 0 Å². The number of nitrogens with one attached hydrogen (secondary N) is 1. The van der Waals surface area contributed by atoms with Crippen molar-refractivity contribution >= 4 is 0 Å². The Morgan fingerprint density at radius 1 is 0.541 bits per heavy atom. The van der Waals surface area contributed by atoms with E-state index < -0.39 is 0 Å². The third-order valence-electron chi connectivity index (χ3n) is 12.4. The Morgan fingerprint density at radius 2 is 0.838 bits per heavy atom. The molecule has 0 unspecified atom stereocenters. The Bertz CT molecular complexity index is 964. The molecule has 8 fully saturated rings. The second-order valence-electron chi connectivity index (χ2n) is 15.4. The number of hydrogen-bond acceptors (Lipinski definition) is 1. The van der Waals surface area contributed by atoms with Crippen molar-refractivity contribution < 1.29 is 0 Å². The first kappa shape index (κ1) is 23.3. The van der Waals surface area contributed by atoms with Gasteiger partial charge in [-0.15, -0.1) is 0 Å². The van der Waals surface area contributed by atoms with Crippen molar-refractivity contribution in [2.45, 2.75) is 95.9 Å². The van der Waals surface area contributed by atoms with E-state index in [0.29, 0.717) is 10.8 Å². The largest absolute Gasteiger partial charge is 0.309 e. The molecule has 37 heavy (non-hydrogen) atoms. The van der Waals surface area contributed by atoms with Crippen LogP contribution in [0.4, 0.5) is 0 Å². The molecular formula is C36H47N. The van der Waals surface area contributed by atoms with Crippen molar-refractivity contribution in [1.82, 2.24) is 5.32 Å². The van der Waals surface area contributed by atoms with E-state index >= 15 is 0 Å². The third-order valence-corrected chi connectivity index (χ3v) is 12.4. The van der Waals surface area contributed by atoms with Crippen molar-refractivity contribution in [2.24, 2.45) is 46.3 Å². The van der Waals surface area contributed by atoms with Crippen LogP contribution in [-0.4, -0.2) is 7.05 Å². The van der Waals surface area contributed by atoms with E-state index in [2.05, 4.69) is 60.9 Å². The van der Waals surface area contributed by atoms with Crippen LogP contribution in [0.1, 0.15) is 105 Å². The van der Waals surface area contributed by atoms with E-state index in [1.54, 1.807) is 49.7 Å². The first-order chi connectivity index (χ1) is 18.0. The quantitative estimate of drug-likeness (QED) is 0.407. The van der Waals surface area contributed by atoms with E-state index in [-0.39, 0.29) is 6.04 Å². The Labute approximate surface area is 225 Å². The normalized spacial score (nSPS) is 41.9. The summed E-state index contributed by atoms with van der Waals surface area (Å²) >= 11 is 0. The fourth-order valence-electron chi connectivity index (χ4n) is 12.1. The fraction of sp³-hybridized carbons (Fsp3) is 0.667. The van der Waals surface area contributed by atoms with Crippen molar-refractivity contribution in [2.75, 3.05) is 7.05 Å². The molecule has 0 saturated heterocycles. The average molecular weight is 494 g/mol. The zero-order valence-corrected chi connectivity index (χ0v) is 23.1. The fourth-order valence-corrected chi connectivity index (χ4v) is 12.1. The van der Waals surface area contributed by atoms with Gasteiger partial charge in [0.25, 0.3) is 0 Å². The highest BCUT2D eigenvalue weighted by Crippen LogP contribution is 2.62. The van der Waals surface area contributed by atoms with Gasteiger partial charge in [0.1, 0.15) is 0 Å². The Kier molecular flexibility index (Phi) is 5.48. The highest BCUT2D eigenvalue weighted by molar-refractivity contribution is 5.36. The third kappa shape index (κ3) is 4.23. The molecule has 2 aromatic rings. The molecule has 0 radical (unpaired) electrons. The molecule has 0 amide bonds. The van der Waals surface area contributed by atoms with Gasteiger partial charge < -0.3 is 5.32 Å². The molecule has 196 valence electrons. The summed E-state index contributed by atoms with van der Waals surface area (Å²) in [6.07, 6.45) is 21.0. The van der Waals surface area contributed by atoms with Gasteiger partial charge in [0.05, 0.1) is 6.04 Å². The predicted molar refractivity (Wildman–Crippen MR) is 152 cm³/mol. The summed E-state index contributed by atoms with van der Waals surface area (Å²) < 4.78 is 0. The van der Waals surface area contributed by atoms with Crippen molar-refractivity contribution in [3.63, 3.8) is 0 Å². The lowest BCUT2D eigenvalue weighted by Gasteiger charge is -2.57. The van der Waals surface area contributed by atoms with Gasteiger partial charge in [-0.3, -0.25) is 0 Å². The summed E-state index contributed by atoms with van der Waals surface area (Å²) in [6, 6.07) is 19.8. The van der Waals surface area contributed by atoms with Crippen LogP contribution >= 0.6 is 0 Å². The molecule has 8 bridgehead atoms. The maximum atomic E-state index is 3.63. The summed E-state index contributed by atoms with van der Waals surface area (Å²) in [5.74, 6) is 6.28. The molecule has 0 spiro atoms. The van der Waals surface area contributed by atoms with Crippen LogP contribution in [-0.2, 0) is 12.8 Å².